The fourth-order valence-corrected chi connectivity index (χ4v) is 3.99. The van der Waals surface area contributed by atoms with Crippen molar-refractivity contribution in [1.29, 1.82) is 0 Å². The van der Waals surface area contributed by atoms with Crippen molar-refractivity contribution in [3.63, 3.8) is 0 Å². The number of nitrogens with one attached hydrogen (secondary N) is 1. The molecule has 0 saturated heterocycles. The lowest BCUT2D eigenvalue weighted by Crippen LogP contribution is -2.36. The Kier molecular flexibility index (Phi) is 6.33. The van der Waals surface area contributed by atoms with E-state index in [0.717, 1.165) is 6.07 Å². The molecule has 0 saturated carbocycles. The van der Waals surface area contributed by atoms with Crippen LogP contribution >= 0.6 is 15.9 Å². The fourth-order valence-electron chi connectivity index (χ4n) is 1.71. The van der Waals surface area contributed by atoms with Gasteiger partial charge in [0.05, 0.1) is 17.1 Å². The van der Waals surface area contributed by atoms with Gasteiger partial charge < -0.3 is 9.84 Å². The average Bonchev–Trinajstić information content (AvgIpc) is 2.38. The first-order valence-electron chi connectivity index (χ1n) is 6.32. The van der Waals surface area contributed by atoms with E-state index in [1.165, 1.54) is 6.07 Å². The van der Waals surface area contributed by atoms with Crippen molar-refractivity contribution in [2.45, 2.75) is 31.7 Å². The van der Waals surface area contributed by atoms with E-state index in [-0.39, 0.29) is 17.1 Å². The van der Waals surface area contributed by atoms with Gasteiger partial charge in [-0.15, -0.1) is 0 Å². The second kappa shape index (κ2) is 7.35. The van der Waals surface area contributed by atoms with Crippen LogP contribution in [0.25, 0.3) is 0 Å². The van der Waals surface area contributed by atoms with Crippen molar-refractivity contribution in [3.8, 4) is 0 Å². The minimum absolute atomic E-state index is 0.0754. The van der Waals surface area contributed by atoms with Gasteiger partial charge in [0.2, 0.25) is 10.0 Å². The van der Waals surface area contributed by atoms with Gasteiger partial charge in [-0.25, -0.2) is 17.9 Å². The van der Waals surface area contributed by atoms with E-state index in [1.54, 1.807) is 13.8 Å². The number of aryl methyl sites for hydroxylation is 1. The highest BCUT2D eigenvalue weighted by Crippen LogP contribution is 2.27. The van der Waals surface area contributed by atoms with E-state index >= 15 is 0 Å². The number of sulfonamides is 1. The number of ether oxygens (including phenoxy) is 1. The van der Waals surface area contributed by atoms with Crippen LogP contribution in [0.3, 0.4) is 0 Å². The molecule has 1 aromatic rings. The highest BCUT2D eigenvalue weighted by Gasteiger charge is 2.23. The number of rotatable bonds is 7. The maximum atomic E-state index is 12.4. The molecule has 0 bridgehead atoms. The van der Waals surface area contributed by atoms with Gasteiger partial charge in [-0.05, 0) is 54.4 Å². The summed E-state index contributed by atoms with van der Waals surface area (Å²) in [4.78, 5) is 11.0. The van der Waals surface area contributed by atoms with Crippen LogP contribution in [-0.2, 0) is 14.8 Å². The summed E-state index contributed by atoms with van der Waals surface area (Å²) in [7, 11) is -3.84. The summed E-state index contributed by atoms with van der Waals surface area (Å²) in [5, 5.41) is 9.04. The third-order valence-corrected chi connectivity index (χ3v) is 5.61. The van der Waals surface area contributed by atoms with Crippen LogP contribution in [0.1, 0.15) is 29.8 Å². The van der Waals surface area contributed by atoms with Gasteiger partial charge in [0.1, 0.15) is 0 Å². The molecule has 0 aliphatic carbocycles. The third kappa shape index (κ3) is 4.77. The first kappa shape index (κ1) is 18.1. The van der Waals surface area contributed by atoms with Crippen molar-refractivity contribution in [3.05, 3.63) is 27.7 Å². The van der Waals surface area contributed by atoms with Gasteiger partial charge >= 0.3 is 5.97 Å². The molecule has 0 amide bonds. The number of carbonyl (C=O) groups is 1. The first-order valence-corrected chi connectivity index (χ1v) is 8.60. The van der Waals surface area contributed by atoms with E-state index in [9.17, 15) is 13.2 Å². The first-order chi connectivity index (χ1) is 9.69. The summed E-state index contributed by atoms with van der Waals surface area (Å²) in [6.45, 7) is 5.86. The minimum atomic E-state index is -3.84. The molecule has 118 valence electrons. The Morgan fingerprint density at radius 2 is 2.10 bits per heavy atom. The van der Waals surface area contributed by atoms with Crippen LogP contribution < -0.4 is 4.72 Å². The summed E-state index contributed by atoms with van der Waals surface area (Å²) >= 11 is 3.20. The Balaban J connectivity index is 3.16. The van der Waals surface area contributed by atoms with Gasteiger partial charge in [0, 0.05) is 17.1 Å². The Hall–Kier alpha value is -0.960. The molecule has 1 aromatic carbocycles. The number of benzene rings is 1. The second-order valence-electron chi connectivity index (χ2n) is 4.59. The Bertz CT molecular complexity index is 630. The van der Waals surface area contributed by atoms with Gasteiger partial charge in [-0.2, -0.15) is 0 Å². The summed E-state index contributed by atoms with van der Waals surface area (Å²) in [6, 6.07) is 2.13. The van der Waals surface area contributed by atoms with E-state index in [2.05, 4.69) is 20.7 Å². The molecule has 21 heavy (non-hydrogen) atoms. The SMILES string of the molecule is CCOCC(C)NS(=O)(=O)c1cc(C(=O)O)cc(C)c1Br. The Labute approximate surface area is 132 Å². The summed E-state index contributed by atoms with van der Waals surface area (Å²) < 4.78 is 32.7. The molecule has 0 aromatic heterocycles. The maximum absolute atomic E-state index is 12.4. The standard InChI is InChI=1S/C13H18BrNO5S/c1-4-20-7-9(3)15-21(18,19)11-6-10(13(16)17)5-8(2)12(11)14/h5-6,9,15H,4,7H2,1-3H3,(H,16,17). The zero-order valence-corrected chi connectivity index (χ0v) is 14.4. The van der Waals surface area contributed by atoms with Crippen molar-refractivity contribution < 1.29 is 23.1 Å². The number of hydrogen-bond acceptors (Lipinski definition) is 4. The molecule has 0 fully saturated rings. The van der Waals surface area contributed by atoms with Crippen molar-refractivity contribution in [2.75, 3.05) is 13.2 Å². The molecule has 0 aliphatic heterocycles. The highest BCUT2D eigenvalue weighted by atomic mass is 79.9. The Morgan fingerprint density at radius 3 is 2.62 bits per heavy atom. The molecular formula is C13H18BrNO5S. The predicted molar refractivity (Wildman–Crippen MR) is 82.1 cm³/mol. The lowest BCUT2D eigenvalue weighted by Gasteiger charge is -2.16. The number of carboxylic acids is 1. The van der Waals surface area contributed by atoms with Crippen LogP contribution in [0.4, 0.5) is 0 Å². The molecule has 1 rings (SSSR count). The van der Waals surface area contributed by atoms with Crippen LogP contribution in [0.15, 0.2) is 21.5 Å². The molecule has 0 spiro atoms. The highest BCUT2D eigenvalue weighted by molar-refractivity contribution is 9.10. The molecule has 8 heteroatoms. The minimum Gasteiger partial charge on any atom is -0.478 e. The lowest BCUT2D eigenvalue weighted by molar-refractivity contribution is 0.0696. The van der Waals surface area contributed by atoms with E-state index < -0.39 is 22.0 Å². The summed E-state index contributed by atoms with van der Waals surface area (Å²) in [5.74, 6) is -1.18. The van der Waals surface area contributed by atoms with E-state index in [0.29, 0.717) is 16.6 Å². The van der Waals surface area contributed by atoms with Gasteiger partial charge in [0.25, 0.3) is 0 Å². The van der Waals surface area contributed by atoms with Crippen LogP contribution in [0.2, 0.25) is 0 Å². The van der Waals surface area contributed by atoms with Crippen molar-refractivity contribution >= 4 is 31.9 Å². The zero-order valence-electron chi connectivity index (χ0n) is 12.0. The average molecular weight is 380 g/mol. The molecule has 0 aliphatic rings. The quantitative estimate of drug-likeness (QED) is 0.756. The van der Waals surface area contributed by atoms with Crippen LogP contribution in [-0.4, -0.2) is 38.7 Å². The second-order valence-corrected chi connectivity index (χ2v) is 7.07. The monoisotopic (exact) mass is 379 g/mol. The van der Waals surface area contributed by atoms with Gasteiger partial charge in [0.15, 0.2) is 0 Å². The smallest absolute Gasteiger partial charge is 0.335 e. The number of hydrogen-bond donors (Lipinski definition) is 2. The van der Waals surface area contributed by atoms with Crippen molar-refractivity contribution in [2.24, 2.45) is 0 Å². The molecular weight excluding hydrogens is 362 g/mol. The number of halogens is 1. The topological polar surface area (TPSA) is 92.7 Å². The normalized spacial score (nSPS) is 13.1. The number of carboxylic acid groups (broad SMARTS) is 1. The van der Waals surface area contributed by atoms with E-state index in [4.69, 9.17) is 9.84 Å². The van der Waals surface area contributed by atoms with Gasteiger partial charge in [-0.3, -0.25) is 0 Å². The lowest BCUT2D eigenvalue weighted by atomic mass is 10.1. The van der Waals surface area contributed by atoms with E-state index in [1.807, 2.05) is 6.92 Å². The molecule has 2 N–H and O–H groups in total. The number of aromatic carboxylic acids is 1. The molecule has 1 atom stereocenters. The molecule has 6 nitrogen and oxygen atoms in total. The summed E-state index contributed by atoms with van der Waals surface area (Å²) in [6.07, 6.45) is 0. The molecule has 0 heterocycles. The summed E-state index contributed by atoms with van der Waals surface area (Å²) in [5.41, 5.74) is 0.460. The largest absolute Gasteiger partial charge is 0.478 e. The maximum Gasteiger partial charge on any atom is 0.335 e. The predicted octanol–water partition coefficient (Wildman–Crippen LogP) is 2.16. The Morgan fingerprint density at radius 1 is 1.48 bits per heavy atom. The fraction of sp³-hybridized carbons (Fsp3) is 0.462. The van der Waals surface area contributed by atoms with Crippen LogP contribution in [0, 0.1) is 6.92 Å². The molecule has 0 radical (unpaired) electrons. The third-order valence-electron chi connectivity index (χ3n) is 2.69. The molecule has 1 unspecified atom stereocenters. The van der Waals surface area contributed by atoms with Gasteiger partial charge in [-0.1, -0.05) is 0 Å². The zero-order chi connectivity index (χ0) is 16.2. The van der Waals surface area contributed by atoms with Crippen LogP contribution in [0.5, 0.6) is 0 Å². The van der Waals surface area contributed by atoms with Crippen molar-refractivity contribution in [1.82, 2.24) is 4.72 Å².